The molecule has 0 amide bonds. The molecule has 1 unspecified atom stereocenters. The van der Waals surface area contributed by atoms with Crippen LogP contribution in [0.15, 0.2) is 42.5 Å². The van der Waals surface area contributed by atoms with Crippen LogP contribution >= 0.6 is 23.2 Å². The Bertz CT molecular complexity index is 601. The second kappa shape index (κ2) is 7.69. The molecule has 4 heteroatoms. The molecule has 0 saturated carbocycles. The van der Waals surface area contributed by atoms with Crippen LogP contribution < -0.4 is 5.32 Å². The molecule has 0 aromatic heterocycles. The van der Waals surface area contributed by atoms with Crippen molar-refractivity contribution >= 4 is 28.9 Å². The molecule has 112 valence electrons. The van der Waals surface area contributed by atoms with Gasteiger partial charge in [0, 0.05) is 17.9 Å². The first-order valence-corrected chi connectivity index (χ1v) is 7.75. The molecule has 0 radical (unpaired) electrons. The lowest BCUT2D eigenvalue weighted by Gasteiger charge is -2.20. The van der Waals surface area contributed by atoms with Crippen LogP contribution in [0.25, 0.3) is 0 Å². The fourth-order valence-corrected chi connectivity index (χ4v) is 2.64. The molecule has 0 heterocycles. The molecule has 0 bridgehead atoms. The number of hydrogen-bond acceptors (Lipinski definition) is 2. The molecule has 0 aliphatic heterocycles. The van der Waals surface area contributed by atoms with Crippen LogP contribution in [0, 0.1) is 0 Å². The van der Waals surface area contributed by atoms with E-state index in [9.17, 15) is 0 Å². The van der Waals surface area contributed by atoms with Crippen LogP contribution in [0.1, 0.15) is 31.0 Å². The molecule has 0 saturated heterocycles. The Kier molecular flexibility index (Phi) is 5.92. The highest BCUT2D eigenvalue weighted by atomic mass is 35.5. The summed E-state index contributed by atoms with van der Waals surface area (Å²) in [6.45, 7) is 5.35. The van der Waals surface area contributed by atoms with E-state index >= 15 is 0 Å². The molecule has 0 aliphatic rings. The average Bonchev–Trinajstić information content (AvgIpc) is 2.49. The normalized spacial score (nSPS) is 12.2. The molecule has 21 heavy (non-hydrogen) atoms. The summed E-state index contributed by atoms with van der Waals surface area (Å²) in [6.07, 6.45) is 0. The number of hydrogen-bond donors (Lipinski definition) is 1. The largest absolute Gasteiger partial charge is 0.378 e. The maximum atomic E-state index is 6.28. The minimum atomic E-state index is 0.0546. The standard InChI is InChI=1S/C17H19Cl2NO/c1-3-21-11-13-7-4-5-10-16(13)20-12(2)14-8-6-9-15(18)17(14)19/h4-10,12,20H,3,11H2,1-2H3. The third kappa shape index (κ3) is 4.13. The molecule has 0 spiro atoms. The summed E-state index contributed by atoms with van der Waals surface area (Å²) < 4.78 is 5.50. The van der Waals surface area contributed by atoms with Gasteiger partial charge in [0.15, 0.2) is 0 Å². The van der Waals surface area contributed by atoms with Crippen LogP contribution in [0.4, 0.5) is 5.69 Å². The van der Waals surface area contributed by atoms with Gasteiger partial charge in [-0.05, 0) is 31.5 Å². The summed E-state index contributed by atoms with van der Waals surface area (Å²) in [5, 5.41) is 4.65. The van der Waals surface area contributed by atoms with Crippen LogP contribution in [0.5, 0.6) is 0 Å². The van der Waals surface area contributed by atoms with E-state index in [4.69, 9.17) is 27.9 Å². The third-order valence-corrected chi connectivity index (χ3v) is 4.13. The van der Waals surface area contributed by atoms with E-state index < -0.39 is 0 Å². The average molecular weight is 324 g/mol. The second-order valence-electron chi connectivity index (χ2n) is 4.80. The van der Waals surface area contributed by atoms with Gasteiger partial charge in [0.2, 0.25) is 0 Å². The number of benzene rings is 2. The van der Waals surface area contributed by atoms with Gasteiger partial charge in [0.25, 0.3) is 0 Å². The van der Waals surface area contributed by atoms with Crippen molar-refractivity contribution in [2.75, 3.05) is 11.9 Å². The smallest absolute Gasteiger partial charge is 0.0736 e. The molecular weight excluding hydrogens is 305 g/mol. The van der Waals surface area contributed by atoms with Crippen LogP contribution in [0.3, 0.4) is 0 Å². The van der Waals surface area contributed by atoms with Gasteiger partial charge in [0.1, 0.15) is 0 Å². The quantitative estimate of drug-likeness (QED) is 0.735. The molecule has 2 aromatic rings. The highest BCUT2D eigenvalue weighted by molar-refractivity contribution is 6.42. The summed E-state index contributed by atoms with van der Waals surface area (Å²) in [5.41, 5.74) is 3.16. The molecule has 0 aliphatic carbocycles. The van der Waals surface area contributed by atoms with Gasteiger partial charge < -0.3 is 10.1 Å². The number of para-hydroxylation sites is 1. The van der Waals surface area contributed by atoms with Gasteiger partial charge in [-0.2, -0.15) is 0 Å². The van der Waals surface area contributed by atoms with Crippen molar-refractivity contribution in [1.82, 2.24) is 0 Å². The van der Waals surface area contributed by atoms with Gasteiger partial charge >= 0.3 is 0 Å². The number of rotatable bonds is 6. The molecule has 2 rings (SSSR count). The Morgan fingerprint density at radius 1 is 1.10 bits per heavy atom. The molecule has 1 N–H and O–H groups in total. The maximum Gasteiger partial charge on any atom is 0.0736 e. The lowest BCUT2D eigenvalue weighted by atomic mass is 10.1. The predicted molar refractivity (Wildman–Crippen MR) is 90.3 cm³/mol. The van der Waals surface area contributed by atoms with Crippen molar-refractivity contribution in [2.45, 2.75) is 26.5 Å². The Labute approximate surface area is 136 Å². The fraction of sp³-hybridized carbons (Fsp3) is 0.294. The van der Waals surface area contributed by atoms with Crippen molar-refractivity contribution in [3.05, 3.63) is 63.6 Å². The first-order chi connectivity index (χ1) is 10.1. The molecule has 1 atom stereocenters. The van der Waals surface area contributed by atoms with Gasteiger partial charge in [0.05, 0.1) is 22.7 Å². The monoisotopic (exact) mass is 323 g/mol. The summed E-state index contributed by atoms with van der Waals surface area (Å²) in [4.78, 5) is 0. The minimum absolute atomic E-state index is 0.0546. The summed E-state index contributed by atoms with van der Waals surface area (Å²) in [7, 11) is 0. The number of anilines is 1. The Morgan fingerprint density at radius 3 is 2.62 bits per heavy atom. The zero-order valence-electron chi connectivity index (χ0n) is 12.2. The number of ether oxygens (including phenoxy) is 1. The zero-order valence-corrected chi connectivity index (χ0v) is 13.7. The number of halogens is 2. The summed E-state index contributed by atoms with van der Waals surface area (Å²) in [5.74, 6) is 0. The predicted octanol–water partition coefficient (Wildman–Crippen LogP) is 5.70. The van der Waals surface area contributed by atoms with Crippen LogP contribution in [0.2, 0.25) is 10.0 Å². The highest BCUT2D eigenvalue weighted by Gasteiger charge is 2.13. The van der Waals surface area contributed by atoms with E-state index in [0.29, 0.717) is 23.3 Å². The van der Waals surface area contributed by atoms with E-state index in [0.717, 1.165) is 16.8 Å². The van der Waals surface area contributed by atoms with Crippen molar-refractivity contribution in [2.24, 2.45) is 0 Å². The van der Waals surface area contributed by atoms with E-state index in [1.54, 1.807) is 6.07 Å². The fourth-order valence-electron chi connectivity index (χ4n) is 2.16. The topological polar surface area (TPSA) is 21.3 Å². The third-order valence-electron chi connectivity index (χ3n) is 3.30. The lowest BCUT2D eigenvalue weighted by Crippen LogP contribution is -2.09. The van der Waals surface area contributed by atoms with Crippen molar-refractivity contribution in [3.63, 3.8) is 0 Å². The molecule has 2 nitrogen and oxygen atoms in total. The van der Waals surface area contributed by atoms with E-state index in [-0.39, 0.29) is 6.04 Å². The Balaban J connectivity index is 2.19. The van der Waals surface area contributed by atoms with Gasteiger partial charge in [-0.1, -0.05) is 53.5 Å². The molecular formula is C17H19Cl2NO. The summed E-state index contributed by atoms with van der Waals surface area (Å²) in [6, 6.07) is 13.9. The summed E-state index contributed by atoms with van der Waals surface area (Å²) >= 11 is 12.4. The Hall–Kier alpha value is -1.22. The SMILES string of the molecule is CCOCc1ccccc1NC(C)c1cccc(Cl)c1Cl. The van der Waals surface area contributed by atoms with Crippen LogP contribution in [-0.2, 0) is 11.3 Å². The van der Waals surface area contributed by atoms with Crippen molar-refractivity contribution in [3.8, 4) is 0 Å². The first kappa shape index (κ1) is 16.2. The van der Waals surface area contributed by atoms with Crippen LogP contribution in [-0.4, -0.2) is 6.61 Å². The van der Waals surface area contributed by atoms with Crippen molar-refractivity contribution < 1.29 is 4.74 Å². The number of nitrogens with one attached hydrogen (secondary N) is 1. The van der Waals surface area contributed by atoms with Gasteiger partial charge in [-0.15, -0.1) is 0 Å². The van der Waals surface area contributed by atoms with Gasteiger partial charge in [-0.3, -0.25) is 0 Å². The zero-order chi connectivity index (χ0) is 15.2. The van der Waals surface area contributed by atoms with E-state index in [2.05, 4.69) is 18.3 Å². The van der Waals surface area contributed by atoms with E-state index in [1.807, 2.05) is 37.3 Å². The highest BCUT2D eigenvalue weighted by Crippen LogP contribution is 2.32. The van der Waals surface area contributed by atoms with Gasteiger partial charge in [-0.25, -0.2) is 0 Å². The molecule has 2 aromatic carbocycles. The Morgan fingerprint density at radius 2 is 1.86 bits per heavy atom. The minimum Gasteiger partial charge on any atom is -0.378 e. The molecule has 0 fully saturated rings. The van der Waals surface area contributed by atoms with Crippen molar-refractivity contribution in [1.29, 1.82) is 0 Å². The maximum absolute atomic E-state index is 6.28. The first-order valence-electron chi connectivity index (χ1n) is 6.99. The lowest BCUT2D eigenvalue weighted by molar-refractivity contribution is 0.134. The van der Waals surface area contributed by atoms with E-state index in [1.165, 1.54) is 0 Å². The second-order valence-corrected chi connectivity index (χ2v) is 5.59.